The summed E-state index contributed by atoms with van der Waals surface area (Å²) < 4.78 is 25.8. The average molecular weight is 185 g/mol. The lowest BCUT2D eigenvalue weighted by Crippen LogP contribution is -2.17. The minimum Gasteiger partial charge on any atom is -0.257 e. The van der Waals surface area contributed by atoms with Gasteiger partial charge in [-0.1, -0.05) is 20.8 Å². The molecule has 0 saturated carbocycles. The van der Waals surface area contributed by atoms with Crippen LogP contribution in [-0.2, 0) is 5.41 Å². The molecule has 0 amide bonds. The van der Waals surface area contributed by atoms with Crippen LogP contribution in [0, 0.1) is 18.6 Å². The lowest BCUT2D eigenvalue weighted by molar-refractivity contribution is 0.478. The van der Waals surface area contributed by atoms with Gasteiger partial charge in [0, 0.05) is 11.0 Å². The maximum absolute atomic E-state index is 13.1. The molecule has 1 rings (SSSR count). The molecule has 0 aliphatic heterocycles. The molecule has 0 unspecified atom stereocenters. The van der Waals surface area contributed by atoms with E-state index in [1.165, 1.54) is 0 Å². The third-order valence-electron chi connectivity index (χ3n) is 1.91. The summed E-state index contributed by atoms with van der Waals surface area (Å²) in [5.74, 6) is -1.68. The Labute approximate surface area is 76.8 Å². The predicted octanol–water partition coefficient (Wildman–Crippen LogP) is 2.97. The van der Waals surface area contributed by atoms with Crippen LogP contribution in [0.1, 0.15) is 32.0 Å². The minimum atomic E-state index is -0.884. The van der Waals surface area contributed by atoms with Crippen molar-refractivity contribution in [3.05, 3.63) is 29.1 Å². The zero-order valence-electron chi connectivity index (χ0n) is 8.28. The van der Waals surface area contributed by atoms with E-state index in [2.05, 4.69) is 4.98 Å². The maximum atomic E-state index is 13.1. The molecule has 0 aromatic carbocycles. The first kappa shape index (κ1) is 10.1. The standard InChI is InChI=1S/C10H13F2N/c1-6-8(12)7(11)5-13-9(6)10(2,3)4/h5H,1-4H3. The largest absolute Gasteiger partial charge is 0.257 e. The zero-order valence-corrected chi connectivity index (χ0v) is 8.28. The normalized spacial score (nSPS) is 11.8. The van der Waals surface area contributed by atoms with Crippen LogP contribution < -0.4 is 0 Å². The highest BCUT2D eigenvalue weighted by molar-refractivity contribution is 5.26. The molecule has 72 valence electrons. The molecule has 0 bridgehead atoms. The summed E-state index contributed by atoms with van der Waals surface area (Å²) in [4.78, 5) is 3.89. The van der Waals surface area contributed by atoms with Crippen LogP contribution in [-0.4, -0.2) is 4.98 Å². The molecule has 0 N–H and O–H groups in total. The second-order valence-corrected chi connectivity index (χ2v) is 4.14. The Hall–Kier alpha value is -0.990. The Balaban J connectivity index is 3.35. The molecule has 0 radical (unpaired) electrons. The molecule has 0 atom stereocenters. The Kier molecular flexibility index (Phi) is 2.37. The maximum Gasteiger partial charge on any atom is 0.177 e. The fraction of sp³-hybridized carbons (Fsp3) is 0.500. The lowest BCUT2D eigenvalue weighted by Gasteiger charge is -2.20. The average Bonchev–Trinajstić information content (AvgIpc) is 1.98. The number of pyridine rings is 1. The molecule has 1 nitrogen and oxygen atoms in total. The molecule has 0 fully saturated rings. The van der Waals surface area contributed by atoms with Crippen molar-refractivity contribution in [1.29, 1.82) is 0 Å². The van der Waals surface area contributed by atoms with Crippen LogP contribution in [0.2, 0.25) is 0 Å². The van der Waals surface area contributed by atoms with Gasteiger partial charge < -0.3 is 0 Å². The number of rotatable bonds is 0. The van der Waals surface area contributed by atoms with Gasteiger partial charge in [0.05, 0.1) is 11.9 Å². The molecule has 3 heteroatoms. The van der Waals surface area contributed by atoms with Gasteiger partial charge in [-0.05, 0) is 6.92 Å². The van der Waals surface area contributed by atoms with Gasteiger partial charge in [-0.2, -0.15) is 0 Å². The third-order valence-corrected chi connectivity index (χ3v) is 1.91. The first-order valence-electron chi connectivity index (χ1n) is 4.15. The van der Waals surface area contributed by atoms with Crippen molar-refractivity contribution in [2.75, 3.05) is 0 Å². The van der Waals surface area contributed by atoms with Gasteiger partial charge in [-0.25, -0.2) is 8.78 Å². The van der Waals surface area contributed by atoms with Crippen molar-refractivity contribution < 1.29 is 8.78 Å². The quantitative estimate of drug-likeness (QED) is 0.605. The molecular formula is C10H13F2N. The smallest absolute Gasteiger partial charge is 0.177 e. The number of halogens is 2. The Morgan fingerprint density at radius 1 is 1.23 bits per heavy atom. The molecule has 13 heavy (non-hydrogen) atoms. The summed E-state index contributed by atoms with van der Waals surface area (Å²) in [6.07, 6.45) is 0.933. The molecule has 0 spiro atoms. The number of nitrogens with zero attached hydrogens (tertiary/aromatic N) is 1. The summed E-state index contributed by atoms with van der Waals surface area (Å²) >= 11 is 0. The van der Waals surface area contributed by atoms with Crippen LogP contribution in [0.4, 0.5) is 8.78 Å². The van der Waals surface area contributed by atoms with Gasteiger partial charge in [0.15, 0.2) is 11.6 Å². The minimum absolute atomic E-state index is 0.251. The Morgan fingerprint density at radius 3 is 2.23 bits per heavy atom. The SMILES string of the molecule is Cc1c(C(C)(C)C)ncc(F)c1F. The number of hydrogen-bond donors (Lipinski definition) is 0. The fourth-order valence-corrected chi connectivity index (χ4v) is 1.31. The van der Waals surface area contributed by atoms with E-state index in [1.54, 1.807) is 6.92 Å². The molecule has 1 heterocycles. The monoisotopic (exact) mass is 185 g/mol. The van der Waals surface area contributed by atoms with E-state index in [-0.39, 0.29) is 5.41 Å². The third kappa shape index (κ3) is 1.85. The van der Waals surface area contributed by atoms with Gasteiger partial charge in [0.1, 0.15) is 0 Å². The highest BCUT2D eigenvalue weighted by Gasteiger charge is 2.21. The van der Waals surface area contributed by atoms with Crippen LogP contribution >= 0.6 is 0 Å². The summed E-state index contributed by atoms with van der Waals surface area (Å²) in [5, 5.41) is 0. The van der Waals surface area contributed by atoms with Gasteiger partial charge in [-0.15, -0.1) is 0 Å². The van der Waals surface area contributed by atoms with E-state index in [0.29, 0.717) is 11.3 Å². The van der Waals surface area contributed by atoms with E-state index >= 15 is 0 Å². The number of hydrogen-bond acceptors (Lipinski definition) is 1. The van der Waals surface area contributed by atoms with Crippen LogP contribution in [0.15, 0.2) is 6.20 Å². The van der Waals surface area contributed by atoms with E-state index < -0.39 is 11.6 Å². The van der Waals surface area contributed by atoms with Crippen molar-refractivity contribution in [3.63, 3.8) is 0 Å². The molecule has 1 aromatic rings. The first-order chi connectivity index (χ1) is 5.84. The van der Waals surface area contributed by atoms with Crippen LogP contribution in [0.3, 0.4) is 0 Å². The van der Waals surface area contributed by atoms with E-state index in [0.717, 1.165) is 6.20 Å². The molecule has 0 aliphatic carbocycles. The van der Waals surface area contributed by atoms with Gasteiger partial charge in [-0.3, -0.25) is 4.98 Å². The van der Waals surface area contributed by atoms with E-state index in [9.17, 15) is 8.78 Å². The number of aromatic nitrogens is 1. The van der Waals surface area contributed by atoms with Gasteiger partial charge in [0.2, 0.25) is 0 Å². The lowest BCUT2D eigenvalue weighted by atomic mass is 9.88. The Morgan fingerprint density at radius 2 is 1.77 bits per heavy atom. The van der Waals surface area contributed by atoms with Gasteiger partial charge >= 0.3 is 0 Å². The highest BCUT2D eigenvalue weighted by Crippen LogP contribution is 2.25. The van der Waals surface area contributed by atoms with Crippen molar-refractivity contribution in [2.24, 2.45) is 0 Å². The van der Waals surface area contributed by atoms with Crippen molar-refractivity contribution in [1.82, 2.24) is 4.98 Å². The molecular weight excluding hydrogens is 172 g/mol. The fourth-order valence-electron chi connectivity index (χ4n) is 1.31. The highest BCUT2D eigenvalue weighted by atomic mass is 19.2. The second-order valence-electron chi connectivity index (χ2n) is 4.14. The van der Waals surface area contributed by atoms with E-state index in [4.69, 9.17) is 0 Å². The topological polar surface area (TPSA) is 12.9 Å². The zero-order chi connectivity index (χ0) is 10.2. The second kappa shape index (κ2) is 3.05. The van der Waals surface area contributed by atoms with Crippen molar-refractivity contribution in [3.8, 4) is 0 Å². The summed E-state index contributed by atoms with van der Waals surface area (Å²) in [6.45, 7) is 7.30. The first-order valence-corrected chi connectivity index (χ1v) is 4.15. The molecule has 0 saturated heterocycles. The van der Waals surface area contributed by atoms with Crippen molar-refractivity contribution >= 4 is 0 Å². The van der Waals surface area contributed by atoms with Crippen LogP contribution in [0.25, 0.3) is 0 Å². The predicted molar refractivity (Wildman–Crippen MR) is 47.6 cm³/mol. The Bertz CT molecular complexity index is 326. The summed E-state index contributed by atoms with van der Waals surface area (Å²) in [6, 6.07) is 0. The summed E-state index contributed by atoms with van der Waals surface area (Å²) in [5.41, 5.74) is 0.650. The summed E-state index contributed by atoms with van der Waals surface area (Å²) in [7, 11) is 0. The molecule has 0 aliphatic rings. The van der Waals surface area contributed by atoms with E-state index in [1.807, 2.05) is 20.8 Å². The van der Waals surface area contributed by atoms with Gasteiger partial charge in [0.25, 0.3) is 0 Å². The van der Waals surface area contributed by atoms with Crippen LogP contribution in [0.5, 0.6) is 0 Å². The molecule has 1 aromatic heterocycles. The van der Waals surface area contributed by atoms with Crippen molar-refractivity contribution in [2.45, 2.75) is 33.1 Å².